The van der Waals surface area contributed by atoms with Crippen LogP contribution in [0.1, 0.15) is 37.5 Å². The smallest absolute Gasteiger partial charge is 0.337 e. The third-order valence-corrected chi connectivity index (χ3v) is 5.51. The van der Waals surface area contributed by atoms with E-state index in [4.69, 9.17) is 9.47 Å². The van der Waals surface area contributed by atoms with Gasteiger partial charge in [-0.2, -0.15) is 10.2 Å². The summed E-state index contributed by atoms with van der Waals surface area (Å²) in [6.07, 6.45) is 1.47. The molecule has 3 aromatic carbocycles. The van der Waals surface area contributed by atoms with Crippen molar-refractivity contribution in [1.82, 2.24) is 15.6 Å². The van der Waals surface area contributed by atoms with E-state index in [1.165, 1.54) is 18.9 Å². The van der Waals surface area contributed by atoms with Gasteiger partial charge in [-0.1, -0.05) is 42.0 Å². The van der Waals surface area contributed by atoms with Crippen molar-refractivity contribution < 1.29 is 23.8 Å². The Bertz CT molecular complexity index is 1410. The highest BCUT2D eigenvalue weighted by atomic mass is 16.5. The number of hydrogen-bond donors (Lipinski definition) is 2. The van der Waals surface area contributed by atoms with E-state index in [0.29, 0.717) is 34.9 Å². The molecule has 4 aromatic rings. The molecule has 0 atom stereocenters. The molecule has 0 radical (unpaired) electrons. The summed E-state index contributed by atoms with van der Waals surface area (Å²) in [5.74, 6) is 0.288. The lowest BCUT2D eigenvalue weighted by molar-refractivity contribution is 0.0600. The predicted octanol–water partition coefficient (Wildman–Crippen LogP) is 4.52. The van der Waals surface area contributed by atoms with E-state index in [2.05, 4.69) is 25.5 Å². The number of methoxy groups -OCH3 is 2. The number of aryl methyl sites for hydroxylation is 1. The molecule has 0 aliphatic rings. The number of nitrogens with zero attached hydrogens (tertiary/aromatic N) is 2. The SMILES string of the molecule is COC(=O)c1ccc(C=NNC(=O)c2cc(-c3ccc(OCc4ccc(C)cc4)c(OC)c3)n[nH]2)cc1. The van der Waals surface area contributed by atoms with E-state index in [9.17, 15) is 9.59 Å². The topological polar surface area (TPSA) is 115 Å². The van der Waals surface area contributed by atoms with Gasteiger partial charge in [0.15, 0.2) is 11.5 Å². The van der Waals surface area contributed by atoms with Crippen LogP contribution in [-0.4, -0.2) is 42.5 Å². The van der Waals surface area contributed by atoms with Gasteiger partial charge >= 0.3 is 5.97 Å². The van der Waals surface area contributed by atoms with Crippen LogP contribution in [0.15, 0.2) is 77.9 Å². The van der Waals surface area contributed by atoms with Crippen LogP contribution in [0, 0.1) is 6.92 Å². The number of rotatable bonds is 9. The lowest BCUT2D eigenvalue weighted by Crippen LogP contribution is -2.18. The highest BCUT2D eigenvalue weighted by Crippen LogP contribution is 2.32. The Hall–Kier alpha value is -4.92. The number of aromatic nitrogens is 2. The van der Waals surface area contributed by atoms with Crippen LogP contribution in [0.25, 0.3) is 11.3 Å². The summed E-state index contributed by atoms with van der Waals surface area (Å²) in [5, 5.41) is 10.9. The van der Waals surface area contributed by atoms with Gasteiger partial charge in [0.2, 0.25) is 0 Å². The van der Waals surface area contributed by atoms with Crippen molar-refractivity contribution in [2.45, 2.75) is 13.5 Å². The Morgan fingerprint density at radius 2 is 1.73 bits per heavy atom. The van der Waals surface area contributed by atoms with E-state index in [-0.39, 0.29) is 5.69 Å². The number of amides is 1. The van der Waals surface area contributed by atoms with E-state index in [0.717, 1.165) is 11.1 Å². The first-order valence-electron chi connectivity index (χ1n) is 11.4. The van der Waals surface area contributed by atoms with Gasteiger partial charge in [-0.25, -0.2) is 10.2 Å². The second kappa shape index (κ2) is 11.7. The van der Waals surface area contributed by atoms with Crippen LogP contribution in [0.2, 0.25) is 0 Å². The van der Waals surface area contributed by atoms with Gasteiger partial charge in [0, 0.05) is 5.56 Å². The fraction of sp³-hybridized carbons (Fsp3) is 0.143. The molecule has 4 rings (SSSR count). The van der Waals surface area contributed by atoms with Gasteiger partial charge in [-0.15, -0.1) is 0 Å². The number of carbonyl (C=O) groups excluding carboxylic acids is 2. The third kappa shape index (κ3) is 6.40. The van der Waals surface area contributed by atoms with Crippen molar-refractivity contribution in [3.63, 3.8) is 0 Å². The zero-order chi connectivity index (χ0) is 26.2. The highest BCUT2D eigenvalue weighted by Gasteiger charge is 2.13. The number of benzene rings is 3. The Kier molecular flexibility index (Phi) is 7.95. The maximum absolute atomic E-state index is 12.5. The second-order valence-corrected chi connectivity index (χ2v) is 8.12. The van der Waals surface area contributed by atoms with Gasteiger partial charge in [0.05, 0.1) is 31.7 Å². The maximum atomic E-state index is 12.5. The van der Waals surface area contributed by atoms with Crippen LogP contribution in [-0.2, 0) is 11.3 Å². The maximum Gasteiger partial charge on any atom is 0.337 e. The summed E-state index contributed by atoms with van der Waals surface area (Å²) in [7, 11) is 2.89. The Morgan fingerprint density at radius 3 is 2.43 bits per heavy atom. The third-order valence-electron chi connectivity index (χ3n) is 5.51. The van der Waals surface area contributed by atoms with Gasteiger partial charge in [0.25, 0.3) is 5.91 Å². The molecule has 0 unspecified atom stereocenters. The molecule has 37 heavy (non-hydrogen) atoms. The number of hydrazone groups is 1. The molecule has 9 heteroatoms. The number of aromatic amines is 1. The number of esters is 1. The first kappa shape index (κ1) is 25.2. The molecule has 1 heterocycles. The highest BCUT2D eigenvalue weighted by molar-refractivity contribution is 5.94. The van der Waals surface area contributed by atoms with Crippen LogP contribution < -0.4 is 14.9 Å². The van der Waals surface area contributed by atoms with Crippen molar-refractivity contribution in [1.29, 1.82) is 0 Å². The minimum absolute atomic E-state index is 0.242. The van der Waals surface area contributed by atoms with Crippen LogP contribution in [0.5, 0.6) is 11.5 Å². The molecule has 0 aliphatic heterocycles. The summed E-state index contributed by atoms with van der Waals surface area (Å²) < 4.78 is 16.1. The minimum atomic E-state index is -0.453. The minimum Gasteiger partial charge on any atom is -0.493 e. The van der Waals surface area contributed by atoms with Crippen molar-refractivity contribution in [2.75, 3.05) is 14.2 Å². The van der Waals surface area contributed by atoms with Crippen LogP contribution in [0.4, 0.5) is 0 Å². The first-order valence-corrected chi connectivity index (χ1v) is 11.4. The molecule has 188 valence electrons. The average molecular weight is 499 g/mol. The Labute approximate surface area is 214 Å². The van der Waals surface area contributed by atoms with Gasteiger partial charge in [-0.3, -0.25) is 9.89 Å². The fourth-order valence-electron chi connectivity index (χ4n) is 3.43. The molecular formula is C28H26N4O5. The molecule has 9 nitrogen and oxygen atoms in total. The van der Waals surface area contributed by atoms with Crippen molar-refractivity contribution in [3.05, 3.63) is 101 Å². The standard InChI is InChI=1S/C28H26N4O5/c1-18-4-6-20(7-5-18)17-37-25-13-12-22(14-26(25)35-2)23-15-24(31-30-23)27(33)32-29-16-19-8-10-21(11-9-19)28(34)36-3/h4-16H,17H2,1-3H3,(H,30,31)(H,32,33). The molecular weight excluding hydrogens is 472 g/mol. The van der Waals surface area contributed by atoms with Crippen molar-refractivity contribution >= 4 is 18.1 Å². The summed E-state index contributed by atoms with van der Waals surface area (Å²) in [6.45, 7) is 2.46. The molecule has 0 spiro atoms. The van der Waals surface area contributed by atoms with E-state index in [1.807, 2.05) is 43.3 Å². The van der Waals surface area contributed by atoms with Crippen molar-refractivity contribution in [2.24, 2.45) is 5.10 Å². The molecule has 1 amide bonds. The second-order valence-electron chi connectivity index (χ2n) is 8.12. The van der Waals surface area contributed by atoms with Crippen molar-refractivity contribution in [3.8, 4) is 22.8 Å². The summed E-state index contributed by atoms with van der Waals surface area (Å²) in [5.41, 5.74) is 7.39. The molecule has 0 saturated carbocycles. The zero-order valence-corrected chi connectivity index (χ0v) is 20.6. The van der Waals surface area contributed by atoms with Gasteiger partial charge < -0.3 is 14.2 Å². The monoisotopic (exact) mass is 498 g/mol. The van der Waals surface area contributed by atoms with E-state index < -0.39 is 11.9 Å². The zero-order valence-electron chi connectivity index (χ0n) is 20.6. The Balaban J connectivity index is 1.38. The molecule has 1 aromatic heterocycles. The summed E-state index contributed by atoms with van der Waals surface area (Å²) in [4.78, 5) is 24.0. The molecule has 0 saturated heterocycles. The van der Waals surface area contributed by atoms with Crippen LogP contribution in [0.3, 0.4) is 0 Å². The summed E-state index contributed by atoms with van der Waals surface area (Å²) >= 11 is 0. The molecule has 0 bridgehead atoms. The lowest BCUT2D eigenvalue weighted by atomic mass is 10.1. The van der Waals surface area contributed by atoms with E-state index >= 15 is 0 Å². The average Bonchev–Trinajstić information content (AvgIpc) is 3.43. The van der Waals surface area contributed by atoms with E-state index in [1.54, 1.807) is 43.5 Å². The first-order chi connectivity index (χ1) is 18.0. The Morgan fingerprint density at radius 1 is 0.973 bits per heavy atom. The number of carbonyl (C=O) groups is 2. The van der Waals surface area contributed by atoms with Gasteiger partial charge in [-0.05, 0) is 54.4 Å². The molecule has 0 fully saturated rings. The number of nitrogens with one attached hydrogen (secondary N) is 2. The number of hydrogen-bond acceptors (Lipinski definition) is 7. The quantitative estimate of drug-likeness (QED) is 0.199. The number of H-pyrrole nitrogens is 1. The van der Waals surface area contributed by atoms with Gasteiger partial charge in [0.1, 0.15) is 12.3 Å². The lowest BCUT2D eigenvalue weighted by Gasteiger charge is -2.12. The normalized spacial score (nSPS) is 10.8. The largest absolute Gasteiger partial charge is 0.493 e. The fourth-order valence-corrected chi connectivity index (χ4v) is 3.43. The molecule has 0 aliphatic carbocycles. The summed E-state index contributed by atoms with van der Waals surface area (Å²) in [6, 6.07) is 21.8. The number of ether oxygens (including phenoxy) is 3. The predicted molar refractivity (Wildman–Crippen MR) is 139 cm³/mol. The van der Waals surface area contributed by atoms with Crippen LogP contribution >= 0.6 is 0 Å². The molecule has 2 N–H and O–H groups in total.